The van der Waals surface area contributed by atoms with Crippen molar-refractivity contribution in [3.63, 3.8) is 0 Å². The number of unbranched alkanes of at least 4 members (excludes halogenated alkanes) is 1. The lowest BCUT2D eigenvalue weighted by Gasteiger charge is -2.17. The topological polar surface area (TPSA) is 130 Å². The Bertz CT molecular complexity index is 912. The number of para-hydroxylation sites is 1. The van der Waals surface area contributed by atoms with E-state index in [4.69, 9.17) is 4.74 Å². The first-order valence-electron chi connectivity index (χ1n) is 10.6. The zero-order valence-electron chi connectivity index (χ0n) is 18.1. The summed E-state index contributed by atoms with van der Waals surface area (Å²) in [7, 11) is -3.54. The van der Waals surface area contributed by atoms with Crippen molar-refractivity contribution in [3.05, 3.63) is 54.6 Å². The Morgan fingerprint density at radius 2 is 2.00 bits per heavy atom. The van der Waals surface area contributed by atoms with Crippen LogP contribution in [0.1, 0.15) is 32.1 Å². The monoisotopic (exact) mass is 465 g/mol. The van der Waals surface area contributed by atoms with Gasteiger partial charge in [0, 0.05) is 24.7 Å². The van der Waals surface area contributed by atoms with E-state index in [1.54, 1.807) is 24.3 Å². The minimum atomic E-state index is -3.54. The molecule has 0 aromatic heterocycles. The molecule has 9 heteroatoms. The van der Waals surface area contributed by atoms with Crippen molar-refractivity contribution in [1.29, 1.82) is 0 Å². The van der Waals surface area contributed by atoms with Gasteiger partial charge < -0.3 is 14.9 Å². The van der Waals surface area contributed by atoms with Crippen LogP contribution in [-0.4, -0.2) is 55.4 Å². The summed E-state index contributed by atoms with van der Waals surface area (Å²) in [5.41, 5.74) is 0. The van der Waals surface area contributed by atoms with Crippen molar-refractivity contribution < 1.29 is 33.0 Å². The fourth-order valence-electron chi connectivity index (χ4n) is 3.54. The van der Waals surface area contributed by atoms with Gasteiger partial charge in [0.1, 0.15) is 24.2 Å². The molecule has 1 aliphatic carbocycles. The number of rotatable bonds is 12. The third kappa shape index (κ3) is 9.33. The van der Waals surface area contributed by atoms with E-state index in [1.165, 1.54) is 0 Å². The Balaban J connectivity index is 1.78. The van der Waals surface area contributed by atoms with Gasteiger partial charge in [-0.2, -0.15) is 0 Å². The quantitative estimate of drug-likeness (QED) is 0.317. The molecule has 0 spiro atoms. The van der Waals surface area contributed by atoms with Crippen LogP contribution in [0.25, 0.3) is 0 Å². The molecule has 8 nitrogen and oxygen atoms in total. The molecule has 1 fully saturated rings. The number of aliphatic hydroxyl groups excluding tert-OH is 2. The highest BCUT2D eigenvalue weighted by Crippen LogP contribution is 2.33. The van der Waals surface area contributed by atoms with Crippen LogP contribution >= 0.6 is 0 Å². The van der Waals surface area contributed by atoms with Crippen molar-refractivity contribution >= 4 is 21.7 Å². The summed E-state index contributed by atoms with van der Waals surface area (Å²) in [4.78, 5) is 23.7. The second-order valence-electron chi connectivity index (χ2n) is 7.89. The number of ether oxygens (including phenoxy) is 1. The van der Waals surface area contributed by atoms with Crippen LogP contribution < -0.4 is 9.46 Å². The van der Waals surface area contributed by atoms with Gasteiger partial charge in [0.25, 0.3) is 0 Å². The van der Waals surface area contributed by atoms with Gasteiger partial charge in [0.05, 0.1) is 12.4 Å². The molecule has 1 saturated carbocycles. The summed E-state index contributed by atoms with van der Waals surface area (Å²) in [5.74, 6) is -0.700. The predicted octanol–water partition coefficient (Wildman–Crippen LogP) is 1.74. The number of aliphatic hydroxyl groups is 2. The molecular weight excluding hydrogens is 434 g/mol. The van der Waals surface area contributed by atoms with Crippen molar-refractivity contribution in [2.45, 2.75) is 44.3 Å². The number of sulfonamides is 1. The lowest BCUT2D eigenvalue weighted by atomic mass is 9.90. The molecule has 0 bridgehead atoms. The van der Waals surface area contributed by atoms with Gasteiger partial charge in [-0.25, -0.2) is 8.42 Å². The number of benzene rings is 1. The zero-order valence-corrected chi connectivity index (χ0v) is 18.9. The van der Waals surface area contributed by atoms with E-state index < -0.39 is 28.1 Å². The van der Waals surface area contributed by atoms with Crippen LogP contribution in [0, 0.1) is 11.8 Å². The van der Waals surface area contributed by atoms with E-state index in [1.807, 2.05) is 35.1 Å². The summed E-state index contributed by atoms with van der Waals surface area (Å²) in [5, 5.41) is 20.4. The normalized spacial score (nSPS) is 22.5. The highest BCUT2D eigenvalue weighted by Gasteiger charge is 2.39. The molecule has 1 aliphatic rings. The van der Waals surface area contributed by atoms with Crippen LogP contribution in [-0.2, 0) is 19.6 Å². The maximum Gasteiger partial charge on any atom is 0.233 e. The van der Waals surface area contributed by atoms with E-state index in [0.717, 1.165) is 6.26 Å². The zero-order chi connectivity index (χ0) is 23.6. The Labute approximate surface area is 189 Å². The summed E-state index contributed by atoms with van der Waals surface area (Å²) >= 11 is 0. The maximum atomic E-state index is 12.3. The summed E-state index contributed by atoms with van der Waals surface area (Å²) in [6.07, 6.45) is 7.84. The standard InChI is InChI=1S/C23H31NO7S/c1-32(29,30)24-23(28)12-8-3-2-7-11-19-20(22(27)15-21(19)26)14-13-17(25)16-31-18-9-5-4-6-10-18/h2,4-7,9-10,13-14,17,19-20,22,25,27H,3,8,11-12,15-16H2,1H3,(H,24,28)/b7-2+,14-13+/t17-,19-,20-,22-/m0/s1. The van der Waals surface area contributed by atoms with Gasteiger partial charge >= 0.3 is 0 Å². The van der Waals surface area contributed by atoms with Crippen molar-refractivity contribution in [1.82, 2.24) is 4.72 Å². The molecule has 0 heterocycles. The number of nitrogens with one attached hydrogen (secondary N) is 1. The predicted molar refractivity (Wildman–Crippen MR) is 120 cm³/mol. The molecule has 0 aliphatic heterocycles. The Kier molecular flexibility index (Phi) is 10.1. The third-order valence-electron chi connectivity index (χ3n) is 5.08. The molecule has 176 valence electrons. The Hall–Kier alpha value is -2.49. The number of hydrogen-bond acceptors (Lipinski definition) is 7. The fourth-order valence-corrected chi connectivity index (χ4v) is 4.05. The summed E-state index contributed by atoms with van der Waals surface area (Å²) < 4.78 is 29.4. The molecule has 3 N–H and O–H groups in total. The average Bonchev–Trinajstić information content (AvgIpc) is 2.99. The van der Waals surface area contributed by atoms with E-state index in [2.05, 4.69) is 0 Å². The summed E-state index contributed by atoms with van der Waals surface area (Å²) in [6.45, 7) is 0.0642. The number of hydrogen-bond donors (Lipinski definition) is 3. The minimum absolute atomic E-state index is 0.0284. The largest absolute Gasteiger partial charge is 0.491 e. The van der Waals surface area contributed by atoms with E-state index in [-0.39, 0.29) is 37.1 Å². The molecule has 32 heavy (non-hydrogen) atoms. The van der Waals surface area contributed by atoms with Crippen molar-refractivity contribution in [3.8, 4) is 5.75 Å². The highest BCUT2D eigenvalue weighted by molar-refractivity contribution is 7.89. The Morgan fingerprint density at radius 3 is 2.69 bits per heavy atom. The van der Waals surface area contributed by atoms with Gasteiger partial charge in [0.15, 0.2) is 0 Å². The maximum absolute atomic E-state index is 12.3. The first kappa shape index (κ1) is 25.8. The van der Waals surface area contributed by atoms with Crippen LogP contribution in [0.5, 0.6) is 5.75 Å². The van der Waals surface area contributed by atoms with Gasteiger partial charge in [-0.3, -0.25) is 14.3 Å². The second kappa shape index (κ2) is 12.5. The number of Topliss-reactive ketones (excluding diaryl/α,β-unsaturated/α-hetero) is 1. The third-order valence-corrected chi connectivity index (χ3v) is 5.68. The molecular formula is C23H31NO7S. The molecule has 4 atom stereocenters. The van der Waals surface area contributed by atoms with Crippen LogP contribution in [0.15, 0.2) is 54.6 Å². The Morgan fingerprint density at radius 1 is 1.28 bits per heavy atom. The number of ketones is 1. The van der Waals surface area contributed by atoms with E-state index >= 15 is 0 Å². The SMILES string of the molecule is CS(=O)(=O)NC(=O)CCC/C=C/C[C@@H]1C(=O)C[C@H](O)[C@H]1/C=C/[C@H](O)COc1ccccc1. The number of carbonyl (C=O) groups is 2. The minimum Gasteiger partial charge on any atom is -0.491 e. The number of amides is 1. The van der Waals surface area contributed by atoms with E-state index in [0.29, 0.717) is 25.0 Å². The smallest absolute Gasteiger partial charge is 0.233 e. The summed E-state index contributed by atoms with van der Waals surface area (Å²) in [6, 6.07) is 9.11. The molecule has 1 amide bonds. The van der Waals surface area contributed by atoms with Gasteiger partial charge in [-0.15, -0.1) is 0 Å². The molecule has 1 aromatic rings. The lowest BCUT2D eigenvalue weighted by Crippen LogP contribution is -2.28. The van der Waals surface area contributed by atoms with Gasteiger partial charge in [0.2, 0.25) is 15.9 Å². The fraction of sp³-hybridized carbons (Fsp3) is 0.478. The van der Waals surface area contributed by atoms with Crippen LogP contribution in [0.4, 0.5) is 0 Å². The number of allylic oxidation sites excluding steroid dienone is 2. The first-order valence-corrected chi connectivity index (χ1v) is 12.5. The van der Waals surface area contributed by atoms with Crippen LogP contribution in [0.3, 0.4) is 0 Å². The molecule has 2 rings (SSSR count). The van der Waals surface area contributed by atoms with Crippen LogP contribution in [0.2, 0.25) is 0 Å². The molecule has 0 saturated heterocycles. The lowest BCUT2D eigenvalue weighted by molar-refractivity contribution is -0.121. The second-order valence-corrected chi connectivity index (χ2v) is 9.64. The van der Waals surface area contributed by atoms with E-state index in [9.17, 15) is 28.2 Å². The molecule has 0 radical (unpaired) electrons. The van der Waals surface area contributed by atoms with Crippen molar-refractivity contribution in [2.75, 3.05) is 12.9 Å². The molecule has 1 aromatic carbocycles. The highest BCUT2D eigenvalue weighted by atomic mass is 32.2. The van der Waals surface area contributed by atoms with Gasteiger partial charge in [-0.05, 0) is 31.4 Å². The van der Waals surface area contributed by atoms with Gasteiger partial charge in [-0.1, -0.05) is 42.5 Å². The molecule has 0 unspecified atom stereocenters. The van der Waals surface area contributed by atoms with Crippen molar-refractivity contribution in [2.24, 2.45) is 11.8 Å². The number of carbonyl (C=O) groups excluding carboxylic acids is 2. The average molecular weight is 466 g/mol. The first-order chi connectivity index (χ1) is 15.2.